The van der Waals surface area contributed by atoms with Crippen molar-refractivity contribution in [1.29, 1.82) is 5.26 Å². The molecule has 2 aliphatic rings. The maximum atomic E-state index is 11.9. The molecule has 3 heteroatoms. The van der Waals surface area contributed by atoms with E-state index in [2.05, 4.69) is 23.5 Å². The monoisotopic (exact) mass is 218 g/mol. The molecule has 1 unspecified atom stereocenters. The van der Waals surface area contributed by atoms with Gasteiger partial charge in [0, 0.05) is 6.54 Å². The SMILES string of the molecule is N#CC1(C(=O)NCC2CC=CCC2)CCC1. The summed E-state index contributed by atoms with van der Waals surface area (Å²) in [5.74, 6) is 0.514. The van der Waals surface area contributed by atoms with Crippen molar-refractivity contribution in [3.8, 4) is 6.07 Å². The van der Waals surface area contributed by atoms with Crippen LogP contribution in [-0.2, 0) is 4.79 Å². The number of rotatable bonds is 3. The van der Waals surface area contributed by atoms with Crippen LogP contribution in [0.25, 0.3) is 0 Å². The topological polar surface area (TPSA) is 52.9 Å². The zero-order valence-corrected chi connectivity index (χ0v) is 9.54. The van der Waals surface area contributed by atoms with E-state index >= 15 is 0 Å². The van der Waals surface area contributed by atoms with Crippen molar-refractivity contribution in [2.75, 3.05) is 6.54 Å². The van der Waals surface area contributed by atoms with Gasteiger partial charge in [-0.15, -0.1) is 0 Å². The Morgan fingerprint density at radius 2 is 2.31 bits per heavy atom. The Kier molecular flexibility index (Phi) is 3.28. The molecule has 3 nitrogen and oxygen atoms in total. The third-order valence-corrected chi connectivity index (χ3v) is 3.78. The van der Waals surface area contributed by atoms with Gasteiger partial charge in [0.25, 0.3) is 0 Å². The Hall–Kier alpha value is -1.30. The molecule has 0 radical (unpaired) electrons. The molecule has 0 spiro atoms. The molecule has 16 heavy (non-hydrogen) atoms. The van der Waals surface area contributed by atoms with Crippen molar-refractivity contribution in [3.63, 3.8) is 0 Å². The molecule has 1 saturated carbocycles. The van der Waals surface area contributed by atoms with Crippen molar-refractivity contribution >= 4 is 5.91 Å². The summed E-state index contributed by atoms with van der Waals surface area (Å²) >= 11 is 0. The Labute approximate surface area is 96.5 Å². The lowest BCUT2D eigenvalue weighted by Gasteiger charge is -2.34. The maximum absolute atomic E-state index is 11.9. The molecule has 0 bridgehead atoms. The summed E-state index contributed by atoms with van der Waals surface area (Å²) in [6.07, 6.45) is 10.2. The van der Waals surface area contributed by atoms with Crippen molar-refractivity contribution in [3.05, 3.63) is 12.2 Å². The second-order valence-electron chi connectivity index (χ2n) is 4.91. The number of nitrogens with one attached hydrogen (secondary N) is 1. The molecule has 0 aromatic carbocycles. The standard InChI is InChI=1S/C13H18N2O/c14-10-13(7-4-8-13)12(16)15-9-11-5-2-1-3-6-11/h1-2,11H,3-9H2,(H,15,16). The summed E-state index contributed by atoms with van der Waals surface area (Å²) in [5, 5.41) is 12.0. The number of hydrogen-bond donors (Lipinski definition) is 1. The van der Waals surface area contributed by atoms with Crippen LogP contribution < -0.4 is 5.32 Å². The predicted octanol–water partition coefficient (Wildman–Crippen LogP) is 2.15. The molecule has 1 fully saturated rings. The van der Waals surface area contributed by atoms with Crippen LogP contribution in [-0.4, -0.2) is 12.5 Å². The van der Waals surface area contributed by atoms with Gasteiger partial charge in [-0.25, -0.2) is 0 Å². The summed E-state index contributed by atoms with van der Waals surface area (Å²) in [4.78, 5) is 11.9. The highest BCUT2D eigenvalue weighted by atomic mass is 16.2. The van der Waals surface area contributed by atoms with Gasteiger partial charge < -0.3 is 5.32 Å². The summed E-state index contributed by atoms with van der Waals surface area (Å²) in [6.45, 7) is 0.729. The van der Waals surface area contributed by atoms with Crippen molar-refractivity contribution in [2.24, 2.45) is 11.3 Å². The van der Waals surface area contributed by atoms with E-state index < -0.39 is 5.41 Å². The average molecular weight is 218 g/mol. The summed E-state index contributed by atoms with van der Waals surface area (Å²) in [6, 6.07) is 2.18. The molecule has 1 amide bonds. The van der Waals surface area contributed by atoms with Gasteiger partial charge in [-0.3, -0.25) is 4.79 Å². The van der Waals surface area contributed by atoms with E-state index in [-0.39, 0.29) is 5.91 Å². The number of nitrogens with zero attached hydrogens (tertiary/aromatic N) is 1. The Bertz CT molecular complexity index is 336. The minimum Gasteiger partial charge on any atom is -0.354 e. The molecule has 2 aliphatic carbocycles. The van der Waals surface area contributed by atoms with Gasteiger partial charge in [0.05, 0.1) is 6.07 Å². The highest BCUT2D eigenvalue weighted by molar-refractivity contribution is 5.86. The van der Waals surface area contributed by atoms with Crippen LogP contribution in [0.5, 0.6) is 0 Å². The summed E-state index contributed by atoms with van der Waals surface area (Å²) in [7, 11) is 0. The number of carbonyl (C=O) groups is 1. The molecule has 1 N–H and O–H groups in total. The highest BCUT2D eigenvalue weighted by Crippen LogP contribution is 2.40. The van der Waals surface area contributed by atoms with Crippen LogP contribution >= 0.6 is 0 Å². The van der Waals surface area contributed by atoms with Gasteiger partial charge in [-0.1, -0.05) is 12.2 Å². The first-order valence-electron chi connectivity index (χ1n) is 6.11. The number of carbonyl (C=O) groups excluding carboxylic acids is 1. The number of allylic oxidation sites excluding steroid dienone is 2. The van der Waals surface area contributed by atoms with Gasteiger partial charge >= 0.3 is 0 Å². The summed E-state index contributed by atoms with van der Waals surface area (Å²) in [5.41, 5.74) is -0.690. The molecule has 0 aromatic rings. The quantitative estimate of drug-likeness (QED) is 0.738. The first-order valence-corrected chi connectivity index (χ1v) is 6.11. The highest BCUT2D eigenvalue weighted by Gasteiger charge is 2.44. The lowest BCUT2D eigenvalue weighted by molar-refractivity contribution is -0.131. The number of hydrogen-bond acceptors (Lipinski definition) is 2. The molecular weight excluding hydrogens is 200 g/mol. The van der Waals surface area contributed by atoms with Crippen molar-refractivity contribution < 1.29 is 4.79 Å². The summed E-state index contributed by atoms with van der Waals surface area (Å²) < 4.78 is 0. The average Bonchev–Trinajstić information content (AvgIpc) is 2.27. The smallest absolute Gasteiger partial charge is 0.240 e. The zero-order chi connectivity index (χ0) is 11.4. The van der Waals surface area contributed by atoms with Gasteiger partial charge in [0.2, 0.25) is 5.91 Å². The predicted molar refractivity (Wildman–Crippen MR) is 61.4 cm³/mol. The van der Waals surface area contributed by atoms with Crippen LogP contribution in [0.2, 0.25) is 0 Å². The molecule has 0 aromatic heterocycles. The Morgan fingerprint density at radius 3 is 2.81 bits per heavy atom. The lowest BCUT2D eigenvalue weighted by atomic mass is 9.69. The van der Waals surface area contributed by atoms with E-state index in [1.165, 1.54) is 0 Å². The maximum Gasteiger partial charge on any atom is 0.240 e. The number of nitriles is 1. The van der Waals surface area contributed by atoms with Crippen LogP contribution in [0.15, 0.2) is 12.2 Å². The first-order chi connectivity index (χ1) is 7.77. The fourth-order valence-corrected chi connectivity index (χ4v) is 2.37. The molecule has 2 rings (SSSR count). The number of amides is 1. The van der Waals surface area contributed by atoms with Gasteiger partial charge in [0.15, 0.2) is 0 Å². The Balaban J connectivity index is 1.79. The third-order valence-electron chi connectivity index (χ3n) is 3.78. The molecular formula is C13H18N2O. The molecule has 0 saturated heterocycles. The first kappa shape index (κ1) is 11.2. The zero-order valence-electron chi connectivity index (χ0n) is 9.54. The normalized spacial score (nSPS) is 26.6. The van der Waals surface area contributed by atoms with E-state index in [4.69, 9.17) is 5.26 Å². The second-order valence-corrected chi connectivity index (χ2v) is 4.91. The van der Waals surface area contributed by atoms with Crippen LogP contribution in [0.4, 0.5) is 0 Å². The van der Waals surface area contributed by atoms with E-state index in [0.29, 0.717) is 5.92 Å². The molecule has 0 aliphatic heterocycles. The van der Waals surface area contributed by atoms with Gasteiger partial charge in [-0.2, -0.15) is 5.26 Å². The third kappa shape index (κ3) is 2.11. The van der Waals surface area contributed by atoms with Crippen LogP contribution in [0.1, 0.15) is 38.5 Å². The largest absolute Gasteiger partial charge is 0.354 e. The van der Waals surface area contributed by atoms with Crippen LogP contribution in [0, 0.1) is 22.7 Å². The van der Waals surface area contributed by atoms with Crippen molar-refractivity contribution in [1.82, 2.24) is 5.32 Å². The van der Waals surface area contributed by atoms with E-state index in [1.807, 2.05) is 0 Å². The van der Waals surface area contributed by atoms with Crippen LogP contribution in [0.3, 0.4) is 0 Å². The minimum absolute atomic E-state index is 0.0456. The van der Waals surface area contributed by atoms with E-state index in [1.54, 1.807) is 0 Å². The fourth-order valence-electron chi connectivity index (χ4n) is 2.37. The second kappa shape index (κ2) is 4.69. The van der Waals surface area contributed by atoms with Crippen molar-refractivity contribution in [2.45, 2.75) is 38.5 Å². The van der Waals surface area contributed by atoms with E-state index in [9.17, 15) is 4.79 Å². The lowest BCUT2D eigenvalue weighted by Crippen LogP contribution is -2.46. The molecule has 0 heterocycles. The minimum atomic E-state index is -0.690. The molecule has 1 atom stereocenters. The Morgan fingerprint density at radius 1 is 1.50 bits per heavy atom. The molecule has 86 valence electrons. The van der Waals surface area contributed by atoms with Gasteiger partial charge in [-0.05, 0) is 44.4 Å². The fraction of sp³-hybridized carbons (Fsp3) is 0.692. The van der Waals surface area contributed by atoms with Gasteiger partial charge in [0.1, 0.15) is 5.41 Å². The van der Waals surface area contributed by atoms with E-state index in [0.717, 1.165) is 45.1 Å².